The summed E-state index contributed by atoms with van der Waals surface area (Å²) in [4.78, 5) is 71.0. The van der Waals surface area contributed by atoms with Crippen LogP contribution in [0, 0.1) is 23.5 Å². The van der Waals surface area contributed by atoms with Crippen LogP contribution in [0.25, 0.3) is 0 Å². The molecule has 1 spiro atoms. The van der Waals surface area contributed by atoms with Gasteiger partial charge in [0.05, 0.1) is 35.1 Å². The van der Waals surface area contributed by atoms with Crippen molar-refractivity contribution in [1.29, 1.82) is 0 Å². The predicted molar refractivity (Wildman–Crippen MR) is 159 cm³/mol. The second kappa shape index (κ2) is 11.1. The molecule has 0 saturated heterocycles. The number of anilines is 1. The molecule has 0 unspecified atom stereocenters. The second-order valence-electron chi connectivity index (χ2n) is 12.7. The highest BCUT2D eigenvalue weighted by molar-refractivity contribution is 6.35. The molecule has 0 N–H and O–H groups in total. The number of halogens is 2. The van der Waals surface area contributed by atoms with Crippen molar-refractivity contribution in [1.82, 2.24) is 0 Å². The molecule has 1 aliphatic carbocycles. The van der Waals surface area contributed by atoms with Gasteiger partial charge in [0, 0.05) is 5.92 Å². The monoisotopic (exact) mass is 631 g/mol. The van der Waals surface area contributed by atoms with Gasteiger partial charge in [-0.25, -0.2) is 23.3 Å². The van der Waals surface area contributed by atoms with E-state index in [1.807, 2.05) is 0 Å². The van der Waals surface area contributed by atoms with E-state index in [-0.39, 0.29) is 35.6 Å². The number of carbonyl (C=O) groups excluding carboxylic acids is 5. The van der Waals surface area contributed by atoms with Crippen molar-refractivity contribution in [3.05, 3.63) is 95.1 Å². The average molecular weight is 632 g/mol. The van der Waals surface area contributed by atoms with Gasteiger partial charge in [0.15, 0.2) is 5.78 Å². The number of rotatable bonds is 4. The van der Waals surface area contributed by atoms with Crippen molar-refractivity contribution in [2.75, 3.05) is 11.5 Å². The lowest BCUT2D eigenvalue weighted by molar-refractivity contribution is -0.160. The number of carbonyl (C=O) groups is 5. The summed E-state index contributed by atoms with van der Waals surface area (Å²) in [5.74, 6) is -9.26. The van der Waals surface area contributed by atoms with E-state index in [4.69, 9.17) is 14.2 Å². The van der Waals surface area contributed by atoms with Crippen LogP contribution in [0.4, 0.5) is 19.3 Å². The van der Waals surface area contributed by atoms with E-state index in [1.54, 1.807) is 51.1 Å². The van der Waals surface area contributed by atoms with Gasteiger partial charge in [-0.3, -0.25) is 14.4 Å². The van der Waals surface area contributed by atoms with Crippen molar-refractivity contribution in [2.24, 2.45) is 11.8 Å². The fourth-order valence-electron chi connectivity index (χ4n) is 7.14. The molecule has 1 saturated carbocycles. The molecule has 238 valence electrons. The second-order valence-corrected chi connectivity index (χ2v) is 12.7. The number of imide groups is 1. The van der Waals surface area contributed by atoms with Gasteiger partial charge in [0.25, 0.3) is 0 Å². The molecule has 0 radical (unpaired) electrons. The van der Waals surface area contributed by atoms with Gasteiger partial charge in [-0.05, 0) is 81.6 Å². The first-order valence-corrected chi connectivity index (χ1v) is 14.9. The van der Waals surface area contributed by atoms with Crippen LogP contribution in [0.2, 0.25) is 0 Å². The smallest absolute Gasteiger partial charge is 0.421 e. The van der Waals surface area contributed by atoms with Crippen molar-refractivity contribution in [3.8, 4) is 5.75 Å². The highest BCUT2D eigenvalue weighted by atomic mass is 19.1. The minimum atomic E-state index is -1.95. The van der Waals surface area contributed by atoms with E-state index in [1.165, 1.54) is 19.1 Å². The molecule has 11 heteroatoms. The maximum Gasteiger partial charge on any atom is 0.421 e. The van der Waals surface area contributed by atoms with E-state index >= 15 is 4.39 Å². The summed E-state index contributed by atoms with van der Waals surface area (Å²) in [5, 5.41) is 0. The number of hydrogen-bond donors (Lipinski definition) is 0. The summed E-state index contributed by atoms with van der Waals surface area (Å²) in [6.45, 7) is 6.25. The number of ketones is 2. The molecule has 46 heavy (non-hydrogen) atoms. The Balaban J connectivity index is 1.65. The van der Waals surface area contributed by atoms with Crippen LogP contribution >= 0.6 is 0 Å². The van der Waals surface area contributed by atoms with Crippen molar-refractivity contribution < 1.29 is 47.0 Å². The SMILES string of the molecule is CCOC(=O)C(=O)[C@@H]1[C@H]2Oc3ccc(F)cc3C(=O)[C@@H]2C[C@@]2(C(=O)N(C(=O)OC(C)(C)C)c3ccc(F)cc32)[C@H]1c1ccccc1. The standard InChI is InChI=1S/C35H31F2NO8/c1-5-44-31(41)29(40)26-27(18-9-7-6-8-10-18)35(17-22-28(39)21-15-19(36)12-14-25(21)45-30(22)26)23-16-20(37)11-13-24(23)38(32(35)42)33(43)46-34(2,3)4/h6-16,22,26-27,30H,5,17H2,1-4H3/t22-,26+,27-,30-,35-/m0/s1. The zero-order valence-corrected chi connectivity index (χ0v) is 25.5. The molecule has 9 nitrogen and oxygen atoms in total. The zero-order valence-electron chi connectivity index (χ0n) is 25.5. The van der Waals surface area contributed by atoms with Gasteiger partial charge in [-0.1, -0.05) is 30.3 Å². The minimum absolute atomic E-state index is 0.0108. The number of fused-ring (bicyclic) bond motifs is 4. The molecule has 3 aromatic rings. The molecule has 3 aliphatic rings. The molecule has 2 aliphatic heterocycles. The van der Waals surface area contributed by atoms with Gasteiger partial charge < -0.3 is 14.2 Å². The number of amides is 2. The average Bonchev–Trinajstić information content (AvgIpc) is 3.23. The van der Waals surface area contributed by atoms with E-state index in [0.717, 1.165) is 29.2 Å². The third-order valence-corrected chi connectivity index (χ3v) is 8.77. The Hall–Kier alpha value is -4.93. The fourth-order valence-corrected chi connectivity index (χ4v) is 7.14. The molecular formula is C35H31F2NO8. The number of nitrogens with zero attached hydrogens (tertiary/aromatic N) is 1. The largest absolute Gasteiger partial charge is 0.488 e. The Morgan fingerprint density at radius 3 is 2.33 bits per heavy atom. The number of hydrogen-bond acceptors (Lipinski definition) is 8. The Labute approximate surface area is 263 Å². The summed E-state index contributed by atoms with van der Waals surface area (Å²) >= 11 is 0. The molecule has 0 aromatic heterocycles. The Morgan fingerprint density at radius 2 is 1.65 bits per heavy atom. The van der Waals surface area contributed by atoms with Gasteiger partial charge in [0.2, 0.25) is 11.7 Å². The normalized spacial score (nSPS) is 24.9. The Bertz CT molecular complexity index is 1780. The molecule has 2 amide bonds. The van der Waals surface area contributed by atoms with Crippen LogP contribution in [0.15, 0.2) is 66.7 Å². The number of esters is 1. The van der Waals surface area contributed by atoms with Crippen LogP contribution in [0.5, 0.6) is 5.75 Å². The lowest BCUT2D eigenvalue weighted by atomic mass is 9.51. The number of benzene rings is 3. The van der Waals surface area contributed by atoms with Crippen LogP contribution < -0.4 is 9.64 Å². The quantitative estimate of drug-likeness (QED) is 0.267. The molecular weight excluding hydrogens is 600 g/mol. The summed E-state index contributed by atoms with van der Waals surface area (Å²) < 4.78 is 46.5. The van der Waals surface area contributed by atoms with E-state index < -0.39 is 76.0 Å². The van der Waals surface area contributed by atoms with Crippen molar-refractivity contribution in [3.63, 3.8) is 0 Å². The topological polar surface area (TPSA) is 116 Å². The summed E-state index contributed by atoms with van der Waals surface area (Å²) in [6.07, 6.45) is -2.69. The van der Waals surface area contributed by atoms with E-state index in [0.29, 0.717) is 5.56 Å². The summed E-state index contributed by atoms with van der Waals surface area (Å²) in [7, 11) is 0. The number of ether oxygens (including phenoxy) is 3. The molecule has 6 rings (SSSR count). The highest BCUT2D eigenvalue weighted by Crippen LogP contribution is 2.62. The zero-order chi connectivity index (χ0) is 33.1. The van der Waals surface area contributed by atoms with Gasteiger partial charge in [-0.2, -0.15) is 0 Å². The first-order valence-electron chi connectivity index (χ1n) is 14.9. The fraction of sp³-hybridized carbons (Fsp3) is 0.343. The predicted octanol–water partition coefficient (Wildman–Crippen LogP) is 5.68. The van der Waals surface area contributed by atoms with E-state index in [2.05, 4.69) is 0 Å². The Kier molecular flexibility index (Phi) is 7.53. The number of Topliss-reactive ketones (excluding diaryl/α,β-unsaturated/α-hetero) is 2. The first kappa shape index (κ1) is 31.1. The van der Waals surface area contributed by atoms with Crippen molar-refractivity contribution >= 4 is 35.2 Å². The van der Waals surface area contributed by atoms with Crippen LogP contribution in [0.1, 0.15) is 61.5 Å². The molecule has 0 bridgehead atoms. The van der Waals surface area contributed by atoms with Crippen LogP contribution in [-0.4, -0.2) is 47.8 Å². The molecule has 5 atom stereocenters. The van der Waals surface area contributed by atoms with Gasteiger partial charge in [-0.15, -0.1) is 0 Å². The maximum absolute atomic E-state index is 15.2. The van der Waals surface area contributed by atoms with E-state index in [9.17, 15) is 28.4 Å². The molecule has 2 heterocycles. The summed E-state index contributed by atoms with van der Waals surface area (Å²) in [5.41, 5.74) is -2.63. The summed E-state index contributed by atoms with van der Waals surface area (Å²) in [6, 6.07) is 15.2. The van der Waals surface area contributed by atoms with Gasteiger partial charge >= 0.3 is 12.1 Å². The lowest BCUT2D eigenvalue weighted by Crippen LogP contribution is -2.62. The maximum atomic E-state index is 15.2. The minimum Gasteiger partial charge on any atom is -0.488 e. The highest BCUT2D eigenvalue weighted by Gasteiger charge is 2.68. The van der Waals surface area contributed by atoms with Gasteiger partial charge in [0.1, 0.15) is 29.1 Å². The van der Waals surface area contributed by atoms with Crippen LogP contribution in [-0.2, 0) is 29.3 Å². The third-order valence-electron chi connectivity index (χ3n) is 8.77. The third kappa shape index (κ3) is 4.85. The lowest BCUT2D eigenvalue weighted by Gasteiger charge is -2.51. The first-order chi connectivity index (χ1) is 21.8. The molecule has 1 fully saturated rings. The Morgan fingerprint density at radius 1 is 0.978 bits per heavy atom. The van der Waals surface area contributed by atoms with Crippen LogP contribution in [0.3, 0.4) is 0 Å². The molecule has 3 aromatic carbocycles. The van der Waals surface area contributed by atoms with Crippen molar-refractivity contribution in [2.45, 2.75) is 57.2 Å².